The average molecular weight is 216 g/mol. The van der Waals surface area contributed by atoms with Gasteiger partial charge in [-0.2, -0.15) is 0 Å². The van der Waals surface area contributed by atoms with Crippen molar-refractivity contribution < 1.29 is 0 Å². The lowest BCUT2D eigenvalue weighted by molar-refractivity contribution is 0.569. The summed E-state index contributed by atoms with van der Waals surface area (Å²) in [6.45, 7) is 18.1. The Balaban J connectivity index is 5.58. The Morgan fingerprint density at radius 1 is 1.31 bits per heavy atom. The van der Waals surface area contributed by atoms with Crippen LogP contribution in [0.5, 0.6) is 0 Å². The van der Waals surface area contributed by atoms with Crippen LogP contribution in [0, 0.1) is 5.41 Å². The molecule has 0 aliphatic rings. The molecule has 0 bridgehead atoms. The van der Waals surface area contributed by atoms with E-state index in [0.29, 0.717) is 0 Å². The number of allylic oxidation sites excluding steroid dienone is 7. The highest BCUT2D eigenvalue weighted by Crippen LogP contribution is 2.40. The maximum atomic E-state index is 4.13. The summed E-state index contributed by atoms with van der Waals surface area (Å²) in [5, 5.41) is 0. The molecule has 0 rings (SSSR count). The molecule has 0 aliphatic heterocycles. The second-order valence-corrected chi connectivity index (χ2v) is 4.00. The summed E-state index contributed by atoms with van der Waals surface area (Å²) < 4.78 is 0. The lowest BCUT2D eigenvalue weighted by Gasteiger charge is -2.32. The van der Waals surface area contributed by atoms with Crippen molar-refractivity contribution in [1.29, 1.82) is 0 Å². The predicted molar refractivity (Wildman–Crippen MR) is 75.4 cm³/mol. The Labute approximate surface area is 101 Å². The van der Waals surface area contributed by atoms with Crippen LogP contribution in [0.15, 0.2) is 61.3 Å². The van der Waals surface area contributed by atoms with Crippen LogP contribution in [0.1, 0.15) is 33.6 Å². The zero-order chi connectivity index (χ0) is 12.6. The first-order valence-corrected chi connectivity index (χ1v) is 5.82. The van der Waals surface area contributed by atoms with Gasteiger partial charge in [-0.15, -0.1) is 6.58 Å². The summed E-state index contributed by atoms with van der Waals surface area (Å²) in [6.07, 6.45) is 12.3. The molecule has 0 fully saturated rings. The zero-order valence-corrected chi connectivity index (χ0v) is 10.9. The molecule has 16 heavy (non-hydrogen) atoms. The molecule has 0 amide bonds. The second kappa shape index (κ2) is 7.05. The van der Waals surface area contributed by atoms with Gasteiger partial charge in [-0.1, -0.05) is 56.0 Å². The fourth-order valence-electron chi connectivity index (χ4n) is 1.95. The van der Waals surface area contributed by atoms with E-state index in [4.69, 9.17) is 0 Å². The maximum Gasteiger partial charge on any atom is 0.0367 e. The van der Waals surface area contributed by atoms with E-state index in [1.165, 1.54) is 5.57 Å². The molecule has 0 heteroatoms. The molecule has 0 saturated heterocycles. The molecule has 0 aromatic rings. The second-order valence-electron chi connectivity index (χ2n) is 4.00. The van der Waals surface area contributed by atoms with E-state index in [0.717, 1.165) is 18.4 Å². The van der Waals surface area contributed by atoms with Crippen molar-refractivity contribution in [3.63, 3.8) is 0 Å². The van der Waals surface area contributed by atoms with Crippen LogP contribution in [0.25, 0.3) is 0 Å². The minimum atomic E-state index is -0.131. The summed E-state index contributed by atoms with van der Waals surface area (Å²) in [5.41, 5.74) is 2.20. The third-order valence-electron chi connectivity index (χ3n) is 2.91. The van der Waals surface area contributed by atoms with Gasteiger partial charge in [0.2, 0.25) is 0 Å². The van der Waals surface area contributed by atoms with Gasteiger partial charge >= 0.3 is 0 Å². The van der Waals surface area contributed by atoms with Crippen molar-refractivity contribution in [2.24, 2.45) is 5.41 Å². The van der Waals surface area contributed by atoms with Gasteiger partial charge in [-0.05, 0) is 32.3 Å². The Kier molecular flexibility index (Phi) is 6.48. The molecule has 0 aromatic heterocycles. The first kappa shape index (κ1) is 14.7. The molecule has 0 nitrogen and oxygen atoms in total. The maximum absolute atomic E-state index is 4.13. The van der Waals surface area contributed by atoms with E-state index in [1.807, 2.05) is 19.1 Å². The fourth-order valence-corrected chi connectivity index (χ4v) is 1.95. The van der Waals surface area contributed by atoms with Crippen molar-refractivity contribution in [2.45, 2.75) is 33.6 Å². The number of rotatable bonds is 7. The molecule has 0 heterocycles. The fraction of sp³-hybridized carbons (Fsp3) is 0.375. The first-order valence-electron chi connectivity index (χ1n) is 5.82. The molecule has 0 aromatic carbocycles. The third-order valence-corrected chi connectivity index (χ3v) is 2.91. The Hall–Kier alpha value is -1.30. The van der Waals surface area contributed by atoms with Gasteiger partial charge in [0.15, 0.2) is 0 Å². The van der Waals surface area contributed by atoms with Crippen LogP contribution < -0.4 is 0 Å². The third kappa shape index (κ3) is 3.10. The molecule has 88 valence electrons. The molecule has 0 spiro atoms. The molecular weight excluding hydrogens is 192 g/mol. The van der Waals surface area contributed by atoms with Crippen molar-refractivity contribution in [3.05, 3.63) is 61.3 Å². The lowest BCUT2D eigenvalue weighted by atomic mass is 9.71. The van der Waals surface area contributed by atoms with Gasteiger partial charge in [0.1, 0.15) is 0 Å². The number of hydrogen-bond donors (Lipinski definition) is 0. The Morgan fingerprint density at radius 2 is 1.94 bits per heavy atom. The van der Waals surface area contributed by atoms with Crippen LogP contribution in [-0.4, -0.2) is 0 Å². The highest BCUT2D eigenvalue weighted by Gasteiger charge is 2.28. The van der Waals surface area contributed by atoms with E-state index in [1.54, 1.807) is 0 Å². The summed E-state index contributed by atoms with van der Waals surface area (Å²) in [6, 6.07) is 0. The highest BCUT2D eigenvalue weighted by molar-refractivity contribution is 5.40. The molecular formula is C16H24. The average Bonchev–Trinajstić information content (AvgIpc) is 2.26. The first-order chi connectivity index (χ1) is 7.58. The van der Waals surface area contributed by atoms with Crippen LogP contribution in [-0.2, 0) is 0 Å². The normalized spacial score (nSPS) is 15.8. The largest absolute Gasteiger partial charge is 0.103 e. The molecule has 1 unspecified atom stereocenters. The van der Waals surface area contributed by atoms with Crippen LogP contribution in [0.4, 0.5) is 0 Å². The summed E-state index contributed by atoms with van der Waals surface area (Å²) >= 11 is 0. The minimum Gasteiger partial charge on any atom is -0.103 e. The Bertz CT molecular complexity index is 315. The minimum absolute atomic E-state index is 0.131. The Morgan fingerprint density at radius 3 is 2.25 bits per heavy atom. The van der Waals surface area contributed by atoms with Gasteiger partial charge in [0.25, 0.3) is 0 Å². The van der Waals surface area contributed by atoms with Crippen molar-refractivity contribution in [3.8, 4) is 0 Å². The van der Waals surface area contributed by atoms with E-state index >= 15 is 0 Å². The highest BCUT2D eigenvalue weighted by atomic mass is 14.3. The van der Waals surface area contributed by atoms with Crippen molar-refractivity contribution >= 4 is 0 Å². The van der Waals surface area contributed by atoms with Crippen LogP contribution >= 0.6 is 0 Å². The predicted octanol–water partition coefficient (Wildman–Crippen LogP) is 5.22. The topological polar surface area (TPSA) is 0 Å². The SMILES string of the molecule is C=CCC(C=CCC)(C(=C)C)C(C=C)=CC. The monoisotopic (exact) mass is 216 g/mol. The van der Waals surface area contributed by atoms with Crippen molar-refractivity contribution in [2.75, 3.05) is 0 Å². The smallest absolute Gasteiger partial charge is 0.0367 e. The van der Waals surface area contributed by atoms with E-state index in [2.05, 4.69) is 51.8 Å². The molecule has 1 atom stereocenters. The summed E-state index contributed by atoms with van der Waals surface area (Å²) in [7, 11) is 0. The van der Waals surface area contributed by atoms with E-state index < -0.39 is 0 Å². The van der Waals surface area contributed by atoms with Gasteiger partial charge in [0.05, 0.1) is 0 Å². The summed E-state index contributed by atoms with van der Waals surface area (Å²) in [5.74, 6) is 0. The van der Waals surface area contributed by atoms with Crippen molar-refractivity contribution in [1.82, 2.24) is 0 Å². The summed E-state index contributed by atoms with van der Waals surface area (Å²) in [4.78, 5) is 0. The van der Waals surface area contributed by atoms with Gasteiger partial charge in [-0.25, -0.2) is 0 Å². The quantitative estimate of drug-likeness (QED) is 0.404. The molecule has 0 saturated carbocycles. The lowest BCUT2D eigenvalue weighted by Crippen LogP contribution is -2.20. The van der Waals surface area contributed by atoms with E-state index in [-0.39, 0.29) is 5.41 Å². The van der Waals surface area contributed by atoms with Gasteiger partial charge in [-0.3, -0.25) is 0 Å². The molecule has 0 radical (unpaired) electrons. The molecule has 0 aliphatic carbocycles. The van der Waals surface area contributed by atoms with Crippen LogP contribution in [0.2, 0.25) is 0 Å². The standard InChI is InChI=1S/C16H24/c1-7-11-13-16(12-8-2,14(5)6)15(9-3)10-4/h8-11,13H,2-3,5,7,12H2,1,4,6H3. The van der Waals surface area contributed by atoms with Gasteiger partial charge in [0, 0.05) is 5.41 Å². The molecule has 0 N–H and O–H groups in total. The number of hydrogen-bond acceptors (Lipinski definition) is 0. The van der Waals surface area contributed by atoms with E-state index in [9.17, 15) is 0 Å². The van der Waals surface area contributed by atoms with Crippen LogP contribution in [0.3, 0.4) is 0 Å². The van der Waals surface area contributed by atoms with Gasteiger partial charge < -0.3 is 0 Å². The zero-order valence-electron chi connectivity index (χ0n) is 10.9.